The molecule has 0 aliphatic carbocycles. The molecular formula is C15H23N3O. The standard InChI is InChI=1S/C15H23N3O/c1-11(2)17-6-8-18(9-7-17)15(19)13-4-5-14(16)12(3)10-13/h4-5,10-11H,6-9,16H2,1-3H3. The minimum Gasteiger partial charge on any atom is -0.399 e. The molecule has 0 atom stereocenters. The number of benzene rings is 1. The van der Waals surface area contributed by atoms with Crippen molar-refractivity contribution in [1.29, 1.82) is 0 Å². The first-order valence-electron chi connectivity index (χ1n) is 6.88. The van der Waals surface area contributed by atoms with E-state index in [1.807, 2.05) is 30.0 Å². The van der Waals surface area contributed by atoms with Crippen LogP contribution >= 0.6 is 0 Å². The van der Waals surface area contributed by atoms with Gasteiger partial charge in [-0.3, -0.25) is 9.69 Å². The van der Waals surface area contributed by atoms with Gasteiger partial charge in [-0.05, 0) is 44.5 Å². The Morgan fingerprint density at radius 1 is 1.21 bits per heavy atom. The van der Waals surface area contributed by atoms with Crippen molar-refractivity contribution in [3.05, 3.63) is 29.3 Å². The normalized spacial score (nSPS) is 16.9. The Bertz CT molecular complexity index is 462. The number of nitrogen functional groups attached to an aromatic ring is 1. The molecule has 1 aliphatic heterocycles. The molecule has 4 nitrogen and oxygen atoms in total. The van der Waals surface area contributed by atoms with Crippen LogP contribution in [0.2, 0.25) is 0 Å². The monoisotopic (exact) mass is 261 g/mol. The number of nitrogens with zero attached hydrogens (tertiary/aromatic N) is 2. The van der Waals surface area contributed by atoms with Crippen LogP contribution in [0.25, 0.3) is 0 Å². The number of amides is 1. The largest absolute Gasteiger partial charge is 0.399 e. The van der Waals surface area contributed by atoms with E-state index in [1.165, 1.54) is 0 Å². The van der Waals surface area contributed by atoms with Gasteiger partial charge in [0.15, 0.2) is 0 Å². The summed E-state index contributed by atoms with van der Waals surface area (Å²) in [5.74, 6) is 0.117. The Morgan fingerprint density at radius 3 is 2.37 bits per heavy atom. The number of rotatable bonds is 2. The first-order chi connectivity index (χ1) is 8.99. The van der Waals surface area contributed by atoms with Crippen LogP contribution in [-0.4, -0.2) is 47.9 Å². The van der Waals surface area contributed by atoms with Gasteiger partial charge >= 0.3 is 0 Å². The van der Waals surface area contributed by atoms with Gasteiger partial charge in [-0.25, -0.2) is 0 Å². The van der Waals surface area contributed by atoms with Gasteiger partial charge in [0.05, 0.1) is 0 Å². The number of nitrogens with two attached hydrogens (primary N) is 1. The summed E-state index contributed by atoms with van der Waals surface area (Å²) in [6.45, 7) is 9.85. The Kier molecular flexibility index (Phi) is 4.10. The highest BCUT2D eigenvalue weighted by Crippen LogP contribution is 2.16. The molecule has 0 radical (unpaired) electrons. The fourth-order valence-electron chi connectivity index (χ4n) is 2.43. The molecule has 4 heteroatoms. The molecule has 0 spiro atoms. The van der Waals surface area contributed by atoms with E-state index in [2.05, 4.69) is 18.7 Å². The summed E-state index contributed by atoms with van der Waals surface area (Å²) in [5.41, 5.74) is 8.23. The molecular weight excluding hydrogens is 238 g/mol. The van der Waals surface area contributed by atoms with Crippen LogP contribution in [0, 0.1) is 6.92 Å². The maximum Gasteiger partial charge on any atom is 0.253 e. The first kappa shape index (κ1) is 13.9. The van der Waals surface area contributed by atoms with Gasteiger partial charge in [0.25, 0.3) is 5.91 Å². The Balaban J connectivity index is 2.03. The third-order valence-electron chi connectivity index (χ3n) is 3.85. The average Bonchev–Trinajstić information content (AvgIpc) is 2.41. The van der Waals surface area contributed by atoms with Gasteiger partial charge in [0, 0.05) is 43.5 Å². The summed E-state index contributed by atoms with van der Waals surface area (Å²) >= 11 is 0. The summed E-state index contributed by atoms with van der Waals surface area (Å²) < 4.78 is 0. The van der Waals surface area contributed by atoms with E-state index in [4.69, 9.17) is 5.73 Å². The third kappa shape index (κ3) is 3.07. The molecule has 0 saturated carbocycles. The minimum atomic E-state index is 0.117. The van der Waals surface area contributed by atoms with Gasteiger partial charge in [-0.15, -0.1) is 0 Å². The predicted octanol–water partition coefficient (Wildman–Crippen LogP) is 1.74. The fraction of sp³-hybridized carbons (Fsp3) is 0.533. The number of hydrogen-bond acceptors (Lipinski definition) is 3. The second-order valence-corrected chi connectivity index (χ2v) is 5.49. The summed E-state index contributed by atoms with van der Waals surface area (Å²) in [7, 11) is 0. The molecule has 1 aromatic rings. The Morgan fingerprint density at radius 2 is 1.84 bits per heavy atom. The van der Waals surface area contributed by atoms with Crippen LogP contribution < -0.4 is 5.73 Å². The number of carbonyl (C=O) groups is 1. The molecule has 1 heterocycles. The van der Waals surface area contributed by atoms with E-state index in [-0.39, 0.29) is 5.91 Å². The lowest BCUT2D eigenvalue weighted by Crippen LogP contribution is -2.50. The summed E-state index contributed by atoms with van der Waals surface area (Å²) in [6.07, 6.45) is 0. The predicted molar refractivity (Wildman–Crippen MR) is 78.2 cm³/mol. The summed E-state index contributed by atoms with van der Waals surface area (Å²) in [4.78, 5) is 16.7. The molecule has 1 aromatic carbocycles. The number of anilines is 1. The molecule has 19 heavy (non-hydrogen) atoms. The first-order valence-corrected chi connectivity index (χ1v) is 6.88. The number of carbonyl (C=O) groups excluding carboxylic acids is 1. The highest BCUT2D eigenvalue weighted by atomic mass is 16.2. The summed E-state index contributed by atoms with van der Waals surface area (Å²) in [5, 5.41) is 0. The van der Waals surface area contributed by atoms with Gasteiger partial charge in [0.1, 0.15) is 0 Å². The maximum atomic E-state index is 12.4. The quantitative estimate of drug-likeness (QED) is 0.825. The van der Waals surface area contributed by atoms with E-state index in [0.717, 1.165) is 43.0 Å². The van der Waals surface area contributed by atoms with Crippen LogP contribution in [0.15, 0.2) is 18.2 Å². The van der Waals surface area contributed by atoms with Crippen molar-refractivity contribution < 1.29 is 4.79 Å². The highest BCUT2D eigenvalue weighted by Gasteiger charge is 2.23. The molecule has 2 N–H and O–H groups in total. The average molecular weight is 261 g/mol. The van der Waals surface area contributed by atoms with E-state index < -0.39 is 0 Å². The van der Waals surface area contributed by atoms with Gasteiger partial charge in [-0.1, -0.05) is 0 Å². The third-order valence-corrected chi connectivity index (χ3v) is 3.85. The fourth-order valence-corrected chi connectivity index (χ4v) is 2.43. The van der Waals surface area contributed by atoms with Crippen molar-refractivity contribution in [2.75, 3.05) is 31.9 Å². The lowest BCUT2D eigenvalue weighted by molar-refractivity contribution is 0.0595. The molecule has 1 saturated heterocycles. The highest BCUT2D eigenvalue weighted by molar-refractivity contribution is 5.95. The topological polar surface area (TPSA) is 49.6 Å². The van der Waals surface area contributed by atoms with Crippen LogP contribution in [0.3, 0.4) is 0 Å². The lowest BCUT2D eigenvalue weighted by Gasteiger charge is -2.37. The van der Waals surface area contributed by atoms with E-state index in [0.29, 0.717) is 6.04 Å². The van der Waals surface area contributed by atoms with Crippen LogP contribution in [0.5, 0.6) is 0 Å². The molecule has 2 rings (SSSR count). The molecule has 1 fully saturated rings. The van der Waals surface area contributed by atoms with Crippen molar-refractivity contribution in [2.24, 2.45) is 0 Å². The van der Waals surface area contributed by atoms with Crippen LogP contribution in [0.1, 0.15) is 29.8 Å². The SMILES string of the molecule is Cc1cc(C(=O)N2CCN(C(C)C)CC2)ccc1N. The second-order valence-electron chi connectivity index (χ2n) is 5.49. The summed E-state index contributed by atoms with van der Waals surface area (Å²) in [6, 6.07) is 6.06. The van der Waals surface area contributed by atoms with Crippen LogP contribution in [0.4, 0.5) is 5.69 Å². The van der Waals surface area contributed by atoms with Gasteiger partial charge < -0.3 is 10.6 Å². The zero-order valence-corrected chi connectivity index (χ0v) is 12.0. The van der Waals surface area contributed by atoms with E-state index >= 15 is 0 Å². The number of hydrogen-bond donors (Lipinski definition) is 1. The van der Waals surface area contributed by atoms with Crippen molar-refractivity contribution in [2.45, 2.75) is 26.8 Å². The number of aryl methyl sites for hydroxylation is 1. The van der Waals surface area contributed by atoms with Gasteiger partial charge in [-0.2, -0.15) is 0 Å². The molecule has 0 aromatic heterocycles. The maximum absolute atomic E-state index is 12.4. The van der Waals surface area contributed by atoms with E-state index in [9.17, 15) is 4.79 Å². The Labute approximate surface area is 115 Å². The smallest absolute Gasteiger partial charge is 0.253 e. The zero-order chi connectivity index (χ0) is 14.0. The minimum absolute atomic E-state index is 0.117. The van der Waals surface area contributed by atoms with Crippen molar-refractivity contribution >= 4 is 11.6 Å². The number of piperazine rings is 1. The second kappa shape index (κ2) is 5.61. The molecule has 1 amide bonds. The van der Waals surface area contributed by atoms with Crippen LogP contribution in [-0.2, 0) is 0 Å². The lowest BCUT2D eigenvalue weighted by atomic mass is 10.1. The zero-order valence-electron chi connectivity index (χ0n) is 12.0. The van der Waals surface area contributed by atoms with Crippen molar-refractivity contribution in [3.8, 4) is 0 Å². The van der Waals surface area contributed by atoms with E-state index in [1.54, 1.807) is 0 Å². The van der Waals surface area contributed by atoms with Crippen molar-refractivity contribution in [1.82, 2.24) is 9.80 Å². The Hall–Kier alpha value is -1.55. The molecule has 104 valence electrons. The molecule has 0 bridgehead atoms. The van der Waals surface area contributed by atoms with Crippen molar-refractivity contribution in [3.63, 3.8) is 0 Å². The molecule has 1 aliphatic rings. The van der Waals surface area contributed by atoms with Gasteiger partial charge in [0.2, 0.25) is 0 Å². The molecule has 0 unspecified atom stereocenters.